The Morgan fingerprint density at radius 3 is 2.42 bits per heavy atom. The van der Waals surface area contributed by atoms with E-state index in [0.717, 1.165) is 0 Å². The van der Waals surface area contributed by atoms with Crippen molar-refractivity contribution in [2.24, 2.45) is 0 Å². The van der Waals surface area contributed by atoms with Gasteiger partial charge in [-0.1, -0.05) is 18.2 Å². The molecule has 1 unspecified atom stereocenters. The van der Waals surface area contributed by atoms with E-state index in [1.54, 1.807) is 24.3 Å². The van der Waals surface area contributed by atoms with Gasteiger partial charge in [0, 0.05) is 0 Å². The van der Waals surface area contributed by atoms with Gasteiger partial charge >= 0.3 is 29.6 Å². The van der Waals surface area contributed by atoms with E-state index in [1.165, 1.54) is 0 Å². The van der Waals surface area contributed by atoms with Crippen molar-refractivity contribution in [3.8, 4) is 5.75 Å². The van der Waals surface area contributed by atoms with Crippen LogP contribution in [0, 0.1) is 0 Å². The maximum Gasteiger partial charge on any atom is 1.00 e. The van der Waals surface area contributed by atoms with Crippen LogP contribution in [0.2, 0.25) is 0 Å². The summed E-state index contributed by atoms with van der Waals surface area (Å²) in [6.45, 7) is 0. The van der Waals surface area contributed by atoms with Crippen LogP contribution in [0.25, 0.3) is 0 Å². The van der Waals surface area contributed by atoms with Gasteiger partial charge in [-0.25, -0.2) is 0 Å². The number of hydrogen-bond acceptors (Lipinski definition) is 3. The van der Waals surface area contributed by atoms with Crippen molar-refractivity contribution >= 4 is 11.1 Å². The fourth-order valence-corrected chi connectivity index (χ4v) is 0.865. The van der Waals surface area contributed by atoms with Gasteiger partial charge in [-0.05, 0) is 23.2 Å². The van der Waals surface area contributed by atoms with E-state index in [1.807, 2.05) is 6.07 Å². The molecule has 0 bridgehead atoms. The van der Waals surface area contributed by atoms with Gasteiger partial charge in [-0.2, -0.15) is 0 Å². The Bertz CT molecular complexity index is 240. The Morgan fingerprint density at radius 2 is 1.92 bits per heavy atom. The third-order valence-electron chi connectivity index (χ3n) is 1.07. The van der Waals surface area contributed by atoms with Crippen LogP contribution in [-0.4, -0.2) is 14.7 Å². The van der Waals surface area contributed by atoms with E-state index in [9.17, 15) is 8.76 Å². The molecule has 0 saturated heterocycles. The van der Waals surface area contributed by atoms with E-state index >= 15 is 0 Å². The molecule has 0 aromatic heterocycles. The molecule has 0 saturated carbocycles. The summed E-state index contributed by atoms with van der Waals surface area (Å²) in [7, 11) is 0. The second-order valence-electron chi connectivity index (χ2n) is 1.88. The molecule has 0 spiro atoms. The van der Waals surface area contributed by atoms with E-state index in [0.29, 0.717) is 5.75 Å². The third-order valence-corrected chi connectivity index (χ3v) is 1.38. The van der Waals surface area contributed by atoms with Gasteiger partial charge in [0.1, 0.15) is 11.7 Å². The van der Waals surface area contributed by atoms with Crippen molar-refractivity contribution in [2.75, 3.05) is 5.94 Å². The van der Waals surface area contributed by atoms with Gasteiger partial charge in [0.2, 0.25) is 0 Å². The van der Waals surface area contributed by atoms with Crippen LogP contribution in [0.3, 0.4) is 0 Å². The predicted octanol–water partition coefficient (Wildman–Crippen LogP) is -2.09. The minimum absolute atomic E-state index is 0. The Kier molecular flexibility index (Phi) is 6.70. The van der Waals surface area contributed by atoms with Gasteiger partial charge in [0.05, 0.1) is 0 Å². The number of hydrogen-bond donors (Lipinski definition) is 0. The first-order chi connectivity index (χ1) is 5.29. The van der Waals surface area contributed by atoms with Crippen molar-refractivity contribution in [1.29, 1.82) is 0 Å². The molecular weight excluding hydrogens is 187 g/mol. The molecule has 0 heterocycles. The summed E-state index contributed by atoms with van der Waals surface area (Å²) in [6, 6.07) is 8.80. The molecular formula is C7H7NaO3S. The molecule has 1 aromatic carbocycles. The Morgan fingerprint density at radius 1 is 1.33 bits per heavy atom. The molecule has 1 aromatic rings. The molecule has 0 N–H and O–H groups in total. The SMILES string of the molecule is O=S([O-])COc1ccccc1.[Na+]. The first-order valence-electron chi connectivity index (χ1n) is 3.03. The van der Waals surface area contributed by atoms with Gasteiger partial charge < -0.3 is 9.29 Å². The summed E-state index contributed by atoms with van der Waals surface area (Å²) in [5.74, 6) is 0.279. The van der Waals surface area contributed by atoms with E-state index < -0.39 is 11.1 Å². The standard InChI is InChI=1S/C7H8O3S.Na/c8-11(9)6-10-7-4-2-1-3-5-7;/h1-5H,6H2,(H,8,9);/q;+1/p-1. The average molecular weight is 194 g/mol. The topological polar surface area (TPSA) is 49.4 Å². The first-order valence-corrected chi connectivity index (χ1v) is 4.27. The van der Waals surface area contributed by atoms with Gasteiger partial charge in [-0.15, -0.1) is 0 Å². The largest absolute Gasteiger partial charge is 1.00 e. The van der Waals surface area contributed by atoms with Crippen molar-refractivity contribution < 1.29 is 43.1 Å². The Labute approximate surface area is 95.7 Å². The van der Waals surface area contributed by atoms with Crippen LogP contribution in [-0.2, 0) is 11.1 Å². The summed E-state index contributed by atoms with van der Waals surface area (Å²) in [5.41, 5.74) is 0. The molecule has 5 heteroatoms. The zero-order chi connectivity index (χ0) is 8.10. The summed E-state index contributed by atoms with van der Waals surface area (Å²) in [4.78, 5) is 0. The van der Waals surface area contributed by atoms with Crippen LogP contribution in [0.15, 0.2) is 30.3 Å². The average Bonchev–Trinajstić information content (AvgIpc) is 2.03. The molecule has 0 aliphatic carbocycles. The molecule has 1 rings (SSSR count). The minimum atomic E-state index is -2.14. The molecule has 0 fully saturated rings. The zero-order valence-corrected chi connectivity index (χ0v) is 9.54. The summed E-state index contributed by atoms with van der Waals surface area (Å²) < 4.78 is 24.9. The molecule has 60 valence electrons. The van der Waals surface area contributed by atoms with Crippen molar-refractivity contribution in [3.05, 3.63) is 30.3 Å². The molecule has 12 heavy (non-hydrogen) atoms. The van der Waals surface area contributed by atoms with Crippen LogP contribution < -0.4 is 34.3 Å². The molecule has 0 aliphatic rings. The number of rotatable bonds is 3. The second kappa shape index (κ2) is 6.62. The van der Waals surface area contributed by atoms with Crippen molar-refractivity contribution in [2.45, 2.75) is 0 Å². The van der Waals surface area contributed by atoms with Crippen LogP contribution in [0.5, 0.6) is 5.75 Å². The maximum atomic E-state index is 10.0. The van der Waals surface area contributed by atoms with E-state index in [4.69, 9.17) is 4.74 Å². The molecule has 0 amide bonds. The Hall–Kier alpha value is 0.130. The number of benzene rings is 1. The second-order valence-corrected chi connectivity index (χ2v) is 2.72. The monoisotopic (exact) mass is 194 g/mol. The van der Waals surface area contributed by atoms with Crippen LogP contribution >= 0.6 is 0 Å². The van der Waals surface area contributed by atoms with Gasteiger partial charge in [-0.3, -0.25) is 4.21 Å². The smallest absolute Gasteiger partial charge is 0.770 e. The predicted molar refractivity (Wildman–Crippen MR) is 40.9 cm³/mol. The molecule has 0 aliphatic heterocycles. The van der Waals surface area contributed by atoms with Crippen LogP contribution in [0.1, 0.15) is 0 Å². The molecule has 1 atom stereocenters. The maximum absolute atomic E-state index is 10.0. The van der Waals surface area contributed by atoms with Crippen LogP contribution in [0.4, 0.5) is 0 Å². The minimum Gasteiger partial charge on any atom is -0.770 e. The third kappa shape index (κ3) is 4.90. The fraction of sp³-hybridized carbons (Fsp3) is 0.143. The quantitative estimate of drug-likeness (QED) is 0.409. The van der Waals surface area contributed by atoms with E-state index in [-0.39, 0.29) is 35.5 Å². The summed E-state index contributed by atoms with van der Waals surface area (Å²) in [5, 5.41) is 0. The van der Waals surface area contributed by atoms with Gasteiger partial charge in [0.25, 0.3) is 0 Å². The van der Waals surface area contributed by atoms with Gasteiger partial charge in [0.15, 0.2) is 0 Å². The van der Waals surface area contributed by atoms with Crippen molar-refractivity contribution in [3.63, 3.8) is 0 Å². The summed E-state index contributed by atoms with van der Waals surface area (Å²) in [6.07, 6.45) is 0. The number of ether oxygens (including phenoxy) is 1. The molecule has 3 nitrogen and oxygen atoms in total. The molecule has 0 radical (unpaired) electrons. The first kappa shape index (κ1) is 12.1. The Balaban J connectivity index is 0.00000121. The van der Waals surface area contributed by atoms with E-state index in [2.05, 4.69) is 0 Å². The normalized spacial score (nSPS) is 11.4. The number of para-hydroxylation sites is 1. The fourth-order valence-electron chi connectivity index (χ4n) is 0.633. The zero-order valence-electron chi connectivity index (χ0n) is 6.73. The summed E-state index contributed by atoms with van der Waals surface area (Å²) >= 11 is -2.14. The van der Waals surface area contributed by atoms with Crippen molar-refractivity contribution in [1.82, 2.24) is 0 Å².